The van der Waals surface area contributed by atoms with Gasteiger partial charge in [0.15, 0.2) is 0 Å². The first-order chi connectivity index (χ1) is 8.16. The van der Waals surface area contributed by atoms with E-state index in [0.29, 0.717) is 0 Å². The molecule has 0 saturated heterocycles. The predicted molar refractivity (Wildman–Crippen MR) is 81.7 cm³/mol. The van der Waals surface area contributed by atoms with Crippen LogP contribution in [0.25, 0.3) is 0 Å². The molecule has 0 aliphatic heterocycles. The van der Waals surface area contributed by atoms with Crippen molar-refractivity contribution in [2.75, 3.05) is 0 Å². The fraction of sp³-hybridized carbons (Fsp3) is 0.154. The van der Waals surface area contributed by atoms with E-state index in [1.807, 2.05) is 24.3 Å². The summed E-state index contributed by atoms with van der Waals surface area (Å²) >= 11 is 5.79. The lowest BCUT2D eigenvalue weighted by molar-refractivity contribution is 0.702. The first-order valence-electron chi connectivity index (χ1n) is 5.27. The molecule has 0 spiro atoms. The smallest absolute Gasteiger partial charge is 0.0422 e. The van der Waals surface area contributed by atoms with Gasteiger partial charge in [0.25, 0.3) is 0 Å². The second kappa shape index (κ2) is 5.93. The highest BCUT2D eigenvalue weighted by Crippen LogP contribution is 2.24. The Bertz CT molecular complexity index is 502. The van der Waals surface area contributed by atoms with Gasteiger partial charge in [0.1, 0.15) is 0 Å². The summed E-state index contributed by atoms with van der Waals surface area (Å²) in [6, 6.07) is 12.1. The van der Waals surface area contributed by atoms with Crippen LogP contribution in [-0.4, -0.2) is 4.98 Å². The zero-order chi connectivity index (χ0) is 12.3. The van der Waals surface area contributed by atoms with Gasteiger partial charge in [-0.25, -0.2) is 0 Å². The van der Waals surface area contributed by atoms with Gasteiger partial charge in [-0.15, -0.1) is 0 Å². The molecule has 0 radical (unpaired) electrons. The van der Waals surface area contributed by atoms with Crippen LogP contribution >= 0.6 is 38.5 Å². The standard InChI is InChI=1S/C13H12BrIN2/c14-9-4-5-12(15)11(7-9)13(16)8-10-3-1-2-6-17-10/h1-7,13H,8,16H2. The quantitative estimate of drug-likeness (QED) is 0.795. The molecule has 1 atom stereocenters. The first kappa shape index (κ1) is 13.0. The molecule has 1 unspecified atom stereocenters. The third-order valence-electron chi connectivity index (χ3n) is 2.51. The highest BCUT2D eigenvalue weighted by Gasteiger charge is 2.11. The fourth-order valence-corrected chi connectivity index (χ4v) is 2.77. The first-order valence-corrected chi connectivity index (χ1v) is 7.14. The van der Waals surface area contributed by atoms with Crippen LogP contribution in [0.15, 0.2) is 47.1 Å². The molecule has 2 rings (SSSR count). The van der Waals surface area contributed by atoms with Crippen molar-refractivity contribution < 1.29 is 0 Å². The monoisotopic (exact) mass is 402 g/mol. The number of benzene rings is 1. The van der Waals surface area contributed by atoms with Gasteiger partial charge >= 0.3 is 0 Å². The number of hydrogen-bond acceptors (Lipinski definition) is 2. The molecule has 0 saturated carbocycles. The molecular weight excluding hydrogens is 391 g/mol. The average Bonchev–Trinajstić information content (AvgIpc) is 2.33. The highest BCUT2D eigenvalue weighted by molar-refractivity contribution is 14.1. The lowest BCUT2D eigenvalue weighted by Crippen LogP contribution is -2.15. The summed E-state index contributed by atoms with van der Waals surface area (Å²) in [4.78, 5) is 4.30. The normalized spacial score (nSPS) is 12.4. The predicted octanol–water partition coefficient (Wildman–Crippen LogP) is 3.69. The van der Waals surface area contributed by atoms with E-state index in [1.165, 1.54) is 3.57 Å². The van der Waals surface area contributed by atoms with E-state index in [1.54, 1.807) is 6.20 Å². The van der Waals surface area contributed by atoms with E-state index < -0.39 is 0 Å². The van der Waals surface area contributed by atoms with Crippen molar-refractivity contribution >= 4 is 38.5 Å². The van der Waals surface area contributed by atoms with Crippen LogP contribution in [0.5, 0.6) is 0 Å². The summed E-state index contributed by atoms with van der Waals surface area (Å²) in [6.07, 6.45) is 2.56. The van der Waals surface area contributed by atoms with Crippen molar-refractivity contribution in [2.24, 2.45) is 5.73 Å². The van der Waals surface area contributed by atoms with Crippen LogP contribution < -0.4 is 5.73 Å². The average molecular weight is 403 g/mol. The number of halogens is 2. The molecule has 0 aliphatic carbocycles. The van der Waals surface area contributed by atoms with Crippen LogP contribution in [0.2, 0.25) is 0 Å². The second-order valence-electron chi connectivity index (χ2n) is 3.80. The largest absolute Gasteiger partial charge is 0.324 e. The molecule has 0 aliphatic rings. The minimum Gasteiger partial charge on any atom is -0.324 e. The van der Waals surface area contributed by atoms with Gasteiger partial charge in [0, 0.05) is 32.4 Å². The Morgan fingerprint density at radius 3 is 2.82 bits per heavy atom. The van der Waals surface area contributed by atoms with E-state index in [9.17, 15) is 0 Å². The molecule has 0 fully saturated rings. The van der Waals surface area contributed by atoms with Gasteiger partial charge in [-0.1, -0.05) is 22.0 Å². The van der Waals surface area contributed by atoms with Gasteiger partial charge in [0.2, 0.25) is 0 Å². The van der Waals surface area contributed by atoms with Gasteiger partial charge in [0.05, 0.1) is 0 Å². The zero-order valence-corrected chi connectivity index (χ0v) is 12.8. The minimum atomic E-state index is -0.0192. The third kappa shape index (κ3) is 3.50. The number of nitrogens with zero attached hydrogens (tertiary/aromatic N) is 1. The molecule has 0 amide bonds. The molecule has 4 heteroatoms. The van der Waals surface area contributed by atoms with E-state index in [4.69, 9.17) is 5.73 Å². The molecule has 17 heavy (non-hydrogen) atoms. The maximum Gasteiger partial charge on any atom is 0.0422 e. The van der Waals surface area contributed by atoms with Gasteiger partial charge < -0.3 is 5.73 Å². The summed E-state index contributed by atoms with van der Waals surface area (Å²) < 4.78 is 2.25. The summed E-state index contributed by atoms with van der Waals surface area (Å²) in [5.74, 6) is 0. The molecule has 1 aromatic carbocycles. The summed E-state index contributed by atoms with van der Waals surface area (Å²) in [6.45, 7) is 0. The van der Waals surface area contributed by atoms with Crippen LogP contribution in [0, 0.1) is 3.57 Å². The van der Waals surface area contributed by atoms with E-state index in [-0.39, 0.29) is 6.04 Å². The number of rotatable bonds is 3. The van der Waals surface area contributed by atoms with Crippen molar-refractivity contribution in [1.82, 2.24) is 4.98 Å². The highest BCUT2D eigenvalue weighted by atomic mass is 127. The number of hydrogen-bond donors (Lipinski definition) is 1. The van der Waals surface area contributed by atoms with Crippen LogP contribution in [-0.2, 0) is 6.42 Å². The van der Waals surface area contributed by atoms with Crippen molar-refractivity contribution in [2.45, 2.75) is 12.5 Å². The number of aromatic nitrogens is 1. The van der Waals surface area contributed by atoms with E-state index >= 15 is 0 Å². The maximum absolute atomic E-state index is 6.23. The van der Waals surface area contributed by atoms with Crippen LogP contribution in [0.4, 0.5) is 0 Å². The van der Waals surface area contributed by atoms with E-state index in [0.717, 1.165) is 22.2 Å². The molecule has 88 valence electrons. The van der Waals surface area contributed by atoms with Crippen molar-refractivity contribution in [3.05, 3.63) is 61.9 Å². The summed E-state index contributed by atoms with van der Waals surface area (Å²) in [5.41, 5.74) is 8.41. The Kier molecular flexibility index (Phi) is 4.53. The van der Waals surface area contributed by atoms with Gasteiger partial charge in [-0.2, -0.15) is 0 Å². The van der Waals surface area contributed by atoms with Crippen LogP contribution in [0.1, 0.15) is 17.3 Å². The SMILES string of the molecule is NC(Cc1ccccn1)c1cc(Br)ccc1I. The Balaban J connectivity index is 2.20. The Morgan fingerprint density at radius 2 is 2.12 bits per heavy atom. The van der Waals surface area contributed by atoms with Crippen molar-refractivity contribution in [1.29, 1.82) is 0 Å². The second-order valence-corrected chi connectivity index (χ2v) is 5.88. The Labute approximate surface area is 123 Å². The molecule has 2 N–H and O–H groups in total. The lowest BCUT2D eigenvalue weighted by Gasteiger charge is -2.14. The molecule has 2 aromatic rings. The lowest BCUT2D eigenvalue weighted by atomic mass is 10.0. The molecule has 0 bridgehead atoms. The maximum atomic E-state index is 6.23. The minimum absolute atomic E-state index is 0.0192. The number of pyridine rings is 1. The third-order valence-corrected chi connectivity index (χ3v) is 3.99. The zero-order valence-electron chi connectivity index (χ0n) is 9.11. The fourth-order valence-electron chi connectivity index (χ4n) is 1.65. The molecule has 1 aromatic heterocycles. The van der Waals surface area contributed by atoms with E-state index in [2.05, 4.69) is 55.6 Å². The van der Waals surface area contributed by atoms with Crippen molar-refractivity contribution in [3.8, 4) is 0 Å². The Morgan fingerprint density at radius 1 is 1.29 bits per heavy atom. The molecule has 1 heterocycles. The topological polar surface area (TPSA) is 38.9 Å². The number of nitrogens with two attached hydrogens (primary N) is 1. The summed E-state index contributed by atoms with van der Waals surface area (Å²) in [7, 11) is 0. The van der Waals surface area contributed by atoms with Crippen LogP contribution in [0.3, 0.4) is 0 Å². The Hall–Kier alpha value is -0.460. The van der Waals surface area contributed by atoms with Crippen molar-refractivity contribution in [3.63, 3.8) is 0 Å². The van der Waals surface area contributed by atoms with Gasteiger partial charge in [-0.05, 0) is 58.5 Å². The molecule has 2 nitrogen and oxygen atoms in total. The van der Waals surface area contributed by atoms with Gasteiger partial charge in [-0.3, -0.25) is 4.98 Å². The summed E-state index contributed by atoms with van der Waals surface area (Å²) in [5, 5.41) is 0. The molecular formula is C13H12BrIN2.